The lowest BCUT2D eigenvalue weighted by Gasteiger charge is -2.46. The van der Waals surface area contributed by atoms with Crippen molar-refractivity contribution in [3.63, 3.8) is 0 Å². The molecule has 86 valence electrons. The van der Waals surface area contributed by atoms with Gasteiger partial charge < -0.3 is 0 Å². The molecule has 1 aliphatic rings. The zero-order valence-corrected chi connectivity index (χ0v) is 11.1. The molecule has 0 heterocycles. The molecule has 0 aromatic heterocycles. The SMILES string of the molecule is C=C(C)[C@H]1C[C@@H](C(=C)C)[C@H](C)C(C)(C)C1. The van der Waals surface area contributed by atoms with Gasteiger partial charge in [0, 0.05) is 0 Å². The van der Waals surface area contributed by atoms with Crippen LogP contribution in [0.5, 0.6) is 0 Å². The number of hydrogen-bond acceptors (Lipinski definition) is 0. The molecule has 15 heavy (non-hydrogen) atoms. The Bertz CT molecular complexity index is 270. The second-order valence-electron chi connectivity index (χ2n) is 6.21. The molecule has 0 aliphatic heterocycles. The lowest BCUT2D eigenvalue weighted by molar-refractivity contribution is 0.0785. The van der Waals surface area contributed by atoms with Crippen molar-refractivity contribution < 1.29 is 0 Å². The smallest absolute Gasteiger partial charge is 0.0172 e. The summed E-state index contributed by atoms with van der Waals surface area (Å²) in [5.74, 6) is 2.11. The van der Waals surface area contributed by atoms with Crippen LogP contribution in [0.2, 0.25) is 0 Å². The van der Waals surface area contributed by atoms with E-state index in [4.69, 9.17) is 0 Å². The Morgan fingerprint density at radius 2 is 1.67 bits per heavy atom. The molecule has 0 bridgehead atoms. The standard InChI is InChI=1S/C15H26/c1-10(2)13-8-14(11(3)4)12(5)15(6,7)9-13/h12-14H,1,3,8-9H2,2,4-7H3/t12-,13-,14-/m0/s1. The molecule has 1 rings (SSSR count). The maximum absolute atomic E-state index is 4.16. The van der Waals surface area contributed by atoms with Crippen LogP contribution in [0.1, 0.15) is 47.5 Å². The largest absolute Gasteiger partial charge is 0.0999 e. The quantitative estimate of drug-likeness (QED) is 0.568. The van der Waals surface area contributed by atoms with Gasteiger partial charge in [-0.3, -0.25) is 0 Å². The molecule has 0 unspecified atom stereocenters. The second-order valence-corrected chi connectivity index (χ2v) is 6.21. The highest BCUT2D eigenvalue weighted by Gasteiger charge is 2.40. The topological polar surface area (TPSA) is 0 Å². The number of hydrogen-bond donors (Lipinski definition) is 0. The van der Waals surface area contributed by atoms with E-state index in [9.17, 15) is 0 Å². The fourth-order valence-corrected chi connectivity index (χ4v) is 2.96. The van der Waals surface area contributed by atoms with Gasteiger partial charge in [0.15, 0.2) is 0 Å². The molecule has 0 spiro atoms. The van der Waals surface area contributed by atoms with Crippen LogP contribution < -0.4 is 0 Å². The second kappa shape index (κ2) is 4.15. The van der Waals surface area contributed by atoms with Gasteiger partial charge in [-0.25, -0.2) is 0 Å². The van der Waals surface area contributed by atoms with E-state index >= 15 is 0 Å². The van der Waals surface area contributed by atoms with E-state index in [2.05, 4.69) is 47.8 Å². The van der Waals surface area contributed by atoms with Crippen molar-refractivity contribution in [3.05, 3.63) is 24.3 Å². The monoisotopic (exact) mass is 206 g/mol. The van der Waals surface area contributed by atoms with Crippen molar-refractivity contribution in [2.24, 2.45) is 23.2 Å². The normalized spacial score (nSPS) is 34.9. The van der Waals surface area contributed by atoms with Gasteiger partial charge in [-0.15, -0.1) is 0 Å². The highest BCUT2D eigenvalue weighted by atomic mass is 14.4. The van der Waals surface area contributed by atoms with E-state index in [0.717, 1.165) is 5.92 Å². The molecule has 1 saturated carbocycles. The first-order valence-electron chi connectivity index (χ1n) is 6.06. The van der Waals surface area contributed by atoms with Crippen LogP contribution in [0.15, 0.2) is 24.3 Å². The van der Waals surface area contributed by atoms with E-state index in [-0.39, 0.29) is 0 Å². The van der Waals surface area contributed by atoms with Crippen molar-refractivity contribution in [1.82, 2.24) is 0 Å². The minimum absolute atomic E-state index is 0.422. The van der Waals surface area contributed by atoms with Crippen LogP contribution >= 0.6 is 0 Å². The number of rotatable bonds is 2. The Labute approximate surface area is 95.5 Å². The van der Waals surface area contributed by atoms with E-state index < -0.39 is 0 Å². The fourth-order valence-electron chi connectivity index (χ4n) is 2.96. The van der Waals surface area contributed by atoms with Gasteiger partial charge in [-0.1, -0.05) is 45.1 Å². The van der Waals surface area contributed by atoms with Crippen LogP contribution in [0, 0.1) is 23.2 Å². The lowest BCUT2D eigenvalue weighted by atomic mass is 9.58. The van der Waals surface area contributed by atoms with Gasteiger partial charge in [0.05, 0.1) is 0 Å². The van der Waals surface area contributed by atoms with E-state index in [0.29, 0.717) is 17.3 Å². The third-order valence-corrected chi connectivity index (χ3v) is 4.48. The molecule has 0 amide bonds. The van der Waals surface area contributed by atoms with Crippen molar-refractivity contribution in [1.29, 1.82) is 0 Å². The summed E-state index contributed by atoms with van der Waals surface area (Å²) in [6.07, 6.45) is 2.54. The summed E-state index contributed by atoms with van der Waals surface area (Å²) < 4.78 is 0. The van der Waals surface area contributed by atoms with Crippen LogP contribution in [-0.2, 0) is 0 Å². The van der Waals surface area contributed by atoms with Gasteiger partial charge in [-0.2, -0.15) is 0 Å². The van der Waals surface area contributed by atoms with Crippen LogP contribution in [0.3, 0.4) is 0 Å². The molecule has 0 aromatic rings. The van der Waals surface area contributed by atoms with Gasteiger partial charge >= 0.3 is 0 Å². The zero-order chi connectivity index (χ0) is 11.8. The highest BCUT2D eigenvalue weighted by Crippen LogP contribution is 2.49. The molecule has 0 aromatic carbocycles. The highest BCUT2D eigenvalue weighted by molar-refractivity contribution is 5.10. The average molecular weight is 206 g/mol. The van der Waals surface area contributed by atoms with E-state index in [1.807, 2.05) is 0 Å². The molecule has 0 radical (unpaired) electrons. The van der Waals surface area contributed by atoms with Crippen molar-refractivity contribution >= 4 is 0 Å². The Hall–Kier alpha value is -0.520. The summed E-state index contributed by atoms with van der Waals surface area (Å²) in [7, 11) is 0. The summed E-state index contributed by atoms with van der Waals surface area (Å²) in [6, 6.07) is 0. The third kappa shape index (κ3) is 2.53. The third-order valence-electron chi connectivity index (χ3n) is 4.48. The van der Waals surface area contributed by atoms with Gasteiger partial charge in [0.2, 0.25) is 0 Å². The van der Waals surface area contributed by atoms with Crippen molar-refractivity contribution in [2.75, 3.05) is 0 Å². The zero-order valence-electron chi connectivity index (χ0n) is 11.1. The van der Waals surface area contributed by atoms with E-state index in [1.54, 1.807) is 0 Å². The Kier molecular flexibility index (Phi) is 3.48. The van der Waals surface area contributed by atoms with Crippen molar-refractivity contribution in [3.8, 4) is 0 Å². The first-order valence-corrected chi connectivity index (χ1v) is 6.06. The molecule has 0 nitrogen and oxygen atoms in total. The Balaban J connectivity index is 2.91. The summed E-state index contributed by atoms with van der Waals surface area (Å²) in [5, 5.41) is 0. The maximum atomic E-state index is 4.16. The molecule has 0 N–H and O–H groups in total. The average Bonchev–Trinajstić information content (AvgIpc) is 2.08. The molecule has 3 atom stereocenters. The van der Waals surface area contributed by atoms with Gasteiger partial charge in [0.25, 0.3) is 0 Å². The first-order chi connectivity index (χ1) is 6.75. The number of allylic oxidation sites excluding steroid dienone is 2. The maximum Gasteiger partial charge on any atom is -0.0172 e. The Morgan fingerprint density at radius 1 is 1.13 bits per heavy atom. The minimum atomic E-state index is 0.422. The Morgan fingerprint density at radius 3 is 2.07 bits per heavy atom. The fraction of sp³-hybridized carbons (Fsp3) is 0.733. The van der Waals surface area contributed by atoms with Crippen LogP contribution in [0.4, 0.5) is 0 Å². The molecule has 0 saturated heterocycles. The van der Waals surface area contributed by atoms with Gasteiger partial charge in [-0.05, 0) is 49.9 Å². The van der Waals surface area contributed by atoms with Gasteiger partial charge in [0.1, 0.15) is 0 Å². The predicted octanol–water partition coefficient (Wildman–Crippen LogP) is 4.83. The summed E-state index contributed by atoms with van der Waals surface area (Å²) in [4.78, 5) is 0. The lowest BCUT2D eigenvalue weighted by Crippen LogP contribution is -2.37. The molecular weight excluding hydrogens is 180 g/mol. The molecular formula is C15H26. The molecule has 1 aliphatic carbocycles. The van der Waals surface area contributed by atoms with Crippen LogP contribution in [0.25, 0.3) is 0 Å². The minimum Gasteiger partial charge on any atom is -0.0999 e. The summed E-state index contributed by atoms with van der Waals surface area (Å²) in [6.45, 7) is 19.8. The molecule has 1 fully saturated rings. The van der Waals surface area contributed by atoms with E-state index in [1.165, 1.54) is 24.0 Å². The predicted molar refractivity (Wildman–Crippen MR) is 68.8 cm³/mol. The first kappa shape index (κ1) is 12.5. The van der Waals surface area contributed by atoms with Crippen LogP contribution in [-0.4, -0.2) is 0 Å². The summed E-state index contributed by atoms with van der Waals surface area (Å²) in [5.41, 5.74) is 3.12. The summed E-state index contributed by atoms with van der Waals surface area (Å²) >= 11 is 0. The molecule has 0 heteroatoms. The van der Waals surface area contributed by atoms with Crippen molar-refractivity contribution in [2.45, 2.75) is 47.5 Å².